The molecule has 1 aromatic carbocycles. The monoisotopic (exact) mass is 290 g/mol. The van der Waals surface area contributed by atoms with Crippen LogP contribution in [0.3, 0.4) is 0 Å². The van der Waals surface area contributed by atoms with Crippen LogP contribution in [0.25, 0.3) is 0 Å². The van der Waals surface area contributed by atoms with Gasteiger partial charge in [0.15, 0.2) is 0 Å². The second kappa shape index (κ2) is 8.03. The van der Waals surface area contributed by atoms with Crippen molar-refractivity contribution in [3.05, 3.63) is 29.8 Å². The van der Waals surface area contributed by atoms with E-state index in [1.165, 1.54) is 5.56 Å². The summed E-state index contributed by atoms with van der Waals surface area (Å²) in [6.45, 7) is 4.76. The first-order valence-electron chi connectivity index (χ1n) is 7.89. The molecule has 116 valence electrons. The Morgan fingerprint density at radius 1 is 1.29 bits per heavy atom. The summed E-state index contributed by atoms with van der Waals surface area (Å²) in [7, 11) is 1.67. The van der Waals surface area contributed by atoms with E-state index in [1.54, 1.807) is 7.11 Å². The lowest BCUT2D eigenvalue weighted by atomic mass is 10.0. The van der Waals surface area contributed by atoms with Crippen LogP contribution >= 0.6 is 0 Å². The van der Waals surface area contributed by atoms with E-state index in [1.807, 2.05) is 17.0 Å². The summed E-state index contributed by atoms with van der Waals surface area (Å²) in [5.74, 6) is 1.15. The molecular weight excluding hydrogens is 264 g/mol. The molecule has 21 heavy (non-hydrogen) atoms. The van der Waals surface area contributed by atoms with Crippen LogP contribution in [0, 0.1) is 0 Å². The topological polar surface area (TPSA) is 41.6 Å². The van der Waals surface area contributed by atoms with Gasteiger partial charge in [0.2, 0.25) is 5.91 Å². The van der Waals surface area contributed by atoms with Crippen LogP contribution in [0.15, 0.2) is 24.3 Å². The molecular formula is C17H26N2O2. The first-order valence-corrected chi connectivity index (χ1v) is 7.89. The van der Waals surface area contributed by atoms with E-state index in [0.717, 1.165) is 44.6 Å². The number of piperidine rings is 1. The molecule has 2 rings (SSSR count). The van der Waals surface area contributed by atoms with Crippen LogP contribution in [-0.2, 0) is 4.79 Å². The van der Waals surface area contributed by atoms with Gasteiger partial charge in [0.05, 0.1) is 7.11 Å². The van der Waals surface area contributed by atoms with Crippen LogP contribution in [0.1, 0.15) is 44.2 Å². The van der Waals surface area contributed by atoms with E-state index in [9.17, 15) is 4.79 Å². The Labute approximate surface area is 127 Å². The number of amides is 1. The normalized spacial score (nSPS) is 16.9. The van der Waals surface area contributed by atoms with Crippen molar-refractivity contribution >= 4 is 5.91 Å². The summed E-state index contributed by atoms with van der Waals surface area (Å²) in [5, 5.41) is 3.56. The number of methoxy groups -OCH3 is 1. The SMILES string of the molecule is CCCNC(CN1CCCCC1=O)c1ccc(OC)cc1. The molecule has 0 aromatic heterocycles. The number of hydrogen-bond acceptors (Lipinski definition) is 3. The average molecular weight is 290 g/mol. The number of hydrogen-bond donors (Lipinski definition) is 1. The third-order valence-electron chi connectivity index (χ3n) is 3.98. The molecule has 1 aliphatic heterocycles. The summed E-state index contributed by atoms with van der Waals surface area (Å²) in [6, 6.07) is 8.32. The van der Waals surface area contributed by atoms with E-state index < -0.39 is 0 Å². The van der Waals surface area contributed by atoms with E-state index in [-0.39, 0.29) is 11.9 Å². The number of nitrogens with one attached hydrogen (secondary N) is 1. The molecule has 0 bridgehead atoms. The lowest BCUT2D eigenvalue weighted by Crippen LogP contribution is -2.41. The molecule has 1 fully saturated rings. The molecule has 4 nitrogen and oxygen atoms in total. The number of rotatable bonds is 7. The number of carbonyl (C=O) groups is 1. The van der Waals surface area contributed by atoms with Gasteiger partial charge in [0, 0.05) is 25.6 Å². The molecule has 1 amide bonds. The van der Waals surface area contributed by atoms with Gasteiger partial charge in [0.1, 0.15) is 5.75 Å². The van der Waals surface area contributed by atoms with Gasteiger partial charge in [-0.2, -0.15) is 0 Å². The zero-order chi connectivity index (χ0) is 15.1. The van der Waals surface area contributed by atoms with Crippen molar-refractivity contribution in [2.24, 2.45) is 0 Å². The van der Waals surface area contributed by atoms with Gasteiger partial charge >= 0.3 is 0 Å². The minimum atomic E-state index is 0.193. The molecule has 4 heteroatoms. The van der Waals surface area contributed by atoms with E-state index in [4.69, 9.17) is 4.74 Å². The number of ether oxygens (including phenoxy) is 1. The molecule has 0 spiro atoms. The van der Waals surface area contributed by atoms with E-state index in [0.29, 0.717) is 6.42 Å². The maximum Gasteiger partial charge on any atom is 0.222 e. The smallest absolute Gasteiger partial charge is 0.222 e. The highest BCUT2D eigenvalue weighted by molar-refractivity contribution is 5.76. The molecule has 0 radical (unpaired) electrons. The highest BCUT2D eigenvalue weighted by Crippen LogP contribution is 2.21. The Morgan fingerprint density at radius 2 is 2.05 bits per heavy atom. The molecule has 1 heterocycles. The number of carbonyl (C=O) groups excluding carboxylic acids is 1. The molecule has 1 saturated heterocycles. The zero-order valence-corrected chi connectivity index (χ0v) is 13.1. The minimum absolute atomic E-state index is 0.193. The van der Waals surface area contributed by atoms with Gasteiger partial charge in [-0.05, 0) is 43.5 Å². The zero-order valence-electron chi connectivity index (χ0n) is 13.1. The van der Waals surface area contributed by atoms with E-state index >= 15 is 0 Å². The van der Waals surface area contributed by atoms with Gasteiger partial charge in [-0.15, -0.1) is 0 Å². The highest BCUT2D eigenvalue weighted by Gasteiger charge is 2.22. The molecule has 1 unspecified atom stereocenters. The molecule has 1 atom stereocenters. The van der Waals surface area contributed by atoms with Crippen molar-refractivity contribution in [2.75, 3.05) is 26.7 Å². The largest absolute Gasteiger partial charge is 0.497 e. The van der Waals surface area contributed by atoms with Crippen LogP contribution in [-0.4, -0.2) is 37.6 Å². The fourth-order valence-corrected chi connectivity index (χ4v) is 2.72. The lowest BCUT2D eigenvalue weighted by molar-refractivity contribution is -0.133. The lowest BCUT2D eigenvalue weighted by Gasteiger charge is -2.31. The molecule has 0 aliphatic carbocycles. The van der Waals surface area contributed by atoms with Crippen molar-refractivity contribution < 1.29 is 9.53 Å². The summed E-state index contributed by atoms with van der Waals surface area (Å²) < 4.78 is 5.21. The predicted molar refractivity (Wildman–Crippen MR) is 84.5 cm³/mol. The third-order valence-corrected chi connectivity index (χ3v) is 3.98. The molecule has 1 aromatic rings. The molecule has 0 saturated carbocycles. The van der Waals surface area contributed by atoms with Crippen LogP contribution in [0.2, 0.25) is 0 Å². The molecule has 1 aliphatic rings. The van der Waals surface area contributed by atoms with Gasteiger partial charge < -0.3 is 15.0 Å². The second-order valence-electron chi connectivity index (χ2n) is 5.58. The van der Waals surface area contributed by atoms with Gasteiger partial charge in [0.25, 0.3) is 0 Å². The standard InChI is InChI=1S/C17H26N2O2/c1-3-11-18-16(13-19-12-5-4-6-17(19)20)14-7-9-15(21-2)10-8-14/h7-10,16,18H,3-6,11-13H2,1-2H3. The predicted octanol–water partition coefficient (Wildman–Crippen LogP) is 2.75. The first-order chi connectivity index (χ1) is 10.2. The minimum Gasteiger partial charge on any atom is -0.497 e. The first kappa shape index (κ1) is 15.8. The summed E-state index contributed by atoms with van der Waals surface area (Å²) in [4.78, 5) is 14.0. The van der Waals surface area contributed by atoms with Crippen molar-refractivity contribution in [3.63, 3.8) is 0 Å². The fraction of sp³-hybridized carbons (Fsp3) is 0.588. The summed E-state index contributed by atoms with van der Waals surface area (Å²) >= 11 is 0. The average Bonchev–Trinajstić information content (AvgIpc) is 2.53. The number of nitrogens with zero attached hydrogens (tertiary/aromatic N) is 1. The van der Waals surface area contributed by atoms with Crippen molar-refractivity contribution in [1.29, 1.82) is 0 Å². The Kier molecular flexibility index (Phi) is 6.05. The van der Waals surface area contributed by atoms with Gasteiger partial charge in [-0.1, -0.05) is 19.1 Å². The fourth-order valence-electron chi connectivity index (χ4n) is 2.72. The number of benzene rings is 1. The van der Waals surface area contributed by atoms with Crippen LogP contribution < -0.4 is 10.1 Å². The third kappa shape index (κ3) is 4.46. The highest BCUT2D eigenvalue weighted by atomic mass is 16.5. The maximum absolute atomic E-state index is 12.0. The van der Waals surface area contributed by atoms with Crippen molar-refractivity contribution in [1.82, 2.24) is 10.2 Å². The quantitative estimate of drug-likeness (QED) is 0.839. The maximum atomic E-state index is 12.0. The number of likely N-dealkylation sites (tertiary alicyclic amines) is 1. The summed E-state index contributed by atoms with van der Waals surface area (Å²) in [5.41, 5.74) is 1.21. The molecule has 1 N–H and O–H groups in total. The Balaban J connectivity index is 2.06. The Bertz CT molecular complexity index is 445. The Hall–Kier alpha value is -1.55. The van der Waals surface area contributed by atoms with Gasteiger partial charge in [-0.3, -0.25) is 4.79 Å². The van der Waals surface area contributed by atoms with Crippen LogP contribution in [0.5, 0.6) is 5.75 Å². The summed E-state index contributed by atoms with van der Waals surface area (Å²) in [6.07, 6.45) is 3.93. The van der Waals surface area contributed by atoms with E-state index in [2.05, 4.69) is 24.4 Å². The van der Waals surface area contributed by atoms with Crippen LogP contribution in [0.4, 0.5) is 0 Å². The van der Waals surface area contributed by atoms with Crippen molar-refractivity contribution in [2.45, 2.75) is 38.6 Å². The second-order valence-corrected chi connectivity index (χ2v) is 5.58. The Morgan fingerprint density at radius 3 is 2.67 bits per heavy atom. The van der Waals surface area contributed by atoms with Gasteiger partial charge in [-0.25, -0.2) is 0 Å². The van der Waals surface area contributed by atoms with Crippen molar-refractivity contribution in [3.8, 4) is 5.75 Å².